The van der Waals surface area contributed by atoms with Crippen molar-refractivity contribution in [2.75, 3.05) is 51.0 Å². The maximum Gasteiger partial charge on any atom is 0.133 e. The molecule has 1 aromatic heterocycles. The highest BCUT2D eigenvalue weighted by atomic mass is 15.2. The van der Waals surface area contributed by atoms with Crippen LogP contribution in [0.1, 0.15) is 12.8 Å². The first-order valence-corrected chi connectivity index (χ1v) is 6.42. The van der Waals surface area contributed by atoms with E-state index in [4.69, 9.17) is 5.26 Å². The van der Waals surface area contributed by atoms with Crippen molar-refractivity contribution in [3.8, 4) is 6.07 Å². The Labute approximate surface area is 115 Å². The molecule has 1 rings (SSSR count). The van der Waals surface area contributed by atoms with Crippen LogP contribution in [0, 0.1) is 11.3 Å². The molecule has 0 radical (unpaired) electrons. The first kappa shape index (κ1) is 15.2. The lowest BCUT2D eigenvalue weighted by atomic mass is 10.4. The Kier molecular flexibility index (Phi) is 6.61. The topological polar surface area (TPSA) is 68.1 Å². The lowest BCUT2D eigenvalue weighted by Gasteiger charge is -2.17. The monoisotopic (exact) mass is 262 g/mol. The summed E-state index contributed by atoms with van der Waals surface area (Å²) in [5, 5.41) is 11.9. The van der Waals surface area contributed by atoms with E-state index in [1.807, 2.05) is 18.0 Å². The Hall–Kier alpha value is -1.87. The van der Waals surface area contributed by atoms with E-state index in [0.717, 1.165) is 31.1 Å². The molecule has 0 bridgehead atoms. The average Bonchev–Trinajstić information content (AvgIpc) is 2.41. The highest BCUT2D eigenvalue weighted by molar-refractivity contribution is 5.47. The van der Waals surface area contributed by atoms with E-state index in [0.29, 0.717) is 13.0 Å². The van der Waals surface area contributed by atoms with Crippen LogP contribution in [-0.4, -0.2) is 55.6 Å². The fraction of sp³-hybridized carbons (Fsp3) is 0.615. The molecule has 0 aliphatic rings. The number of hydrogen-bond acceptors (Lipinski definition) is 6. The Bertz CT molecular complexity index is 412. The summed E-state index contributed by atoms with van der Waals surface area (Å²) in [4.78, 5) is 12.5. The number of rotatable bonds is 8. The minimum absolute atomic E-state index is 0.492. The van der Waals surface area contributed by atoms with Gasteiger partial charge in [0, 0.05) is 26.2 Å². The van der Waals surface area contributed by atoms with Gasteiger partial charge in [-0.1, -0.05) is 0 Å². The lowest BCUT2D eigenvalue weighted by Crippen LogP contribution is -2.20. The molecule has 104 valence electrons. The molecule has 0 aromatic carbocycles. The zero-order valence-electron chi connectivity index (χ0n) is 11.9. The molecule has 0 aliphatic heterocycles. The standard InChI is InChI=1S/C13H22N6/c1-18(2)8-5-7-15-12-10-13(17-11-16-12)19(3)9-4-6-14/h10-11H,4-5,7-9H2,1-3H3,(H,15,16,17). The van der Waals surface area contributed by atoms with Gasteiger partial charge < -0.3 is 15.1 Å². The third-order valence-corrected chi connectivity index (χ3v) is 2.69. The number of anilines is 2. The molecule has 0 aliphatic carbocycles. The molecule has 6 nitrogen and oxygen atoms in total. The summed E-state index contributed by atoms with van der Waals surface area (Å²) in [5.41, 5.74) is 0. The van der Waals surface area contributed by atoms with Crippen molar-refractivity contribution in [3.63, 3.8) is 0 Å². The zero-order chi connectivity index (χ0) is 14.1. The summed E-state index contributed by atoms with van der Waals surface area (Å²) in [5.74, 6) is 1.66. The van der Waals surface area contributed by atoms with E-state index in [2.05, 4.69) is 40.3 Å². The molecule has 0 saturated heterocycles. The second-order valence-corrected chi connectivity index (χ2v) is 4.67. The molecule has 0 fully saturated rings. The van der Waals surface area contributed by atoms with Gasteiger partial charge in [-0.05, 0) is 27.1 Å². The maximum absolute atomic E-state index is 8.58. The Morgan fingerprint density at radius 3 is 2.74 bits per heavy atom. The normalized spacial score (nSPS) is 10.3. The summed E-state index contributed by atoms with van der Waals surface area (Å²) >= 11 is 0. The predicted octanol–water partition coefficient (Wildman–Crippen LogP) is 1.19. The van der Waals surface area contributed by atoms with Crippen molar-refractivity contribution in [1.82, 2.24) is 14.9 Å². The van der Waals surface area contributed by atoms with Crippen molar-refractivity contribution in [2.45, 2.75) is 12.8 Å². The Morgan fingerprint density at radius 2 is 2.05 bits per heavy atom. The highest BCUT2D eigenvalue weighted by Crippen LogP contribution is 2.12. The molecule has 0 amide bonds. The van der Waals surface area contributed by atoms with E-state index < -0.39 is 0 Å². The maximum atomic E-state index is 8.58. The van der Waals surface area contributed by atoms with Crippen LogP contribution in [0.25, 0.3) is 0 Å². The molecule has 1 N–H and O–H groups in total. The van der Waals surface area contributed by atoms with Crippen LogP contribution in [0.3, 0.4) is 0 Å². The molecule has 0 spiro atoms. The van der Waals surface area contributed by atoms with Gasteiger partial charge in [0.15, 0.2) is 0 Å². The number of aromatic nitrogens is 2. The second kappa shape index (κ2) is 8.27. The first-order chi connectivity index (χ1) is 9.13. The van der Waals surface area contributed by atoms with Gasteiger partial charge in [-0.25, -0.2) is 9.97 Å². The van der Waals surface area contributed by atoms with Crippen molar-refractivity contribution in [1.29, 1.82) is 5.26 Å². The van der Waals surface area contributed by atoms with Gasteiger partial charge in [-0.2, -0.15) is 5.26 Å². The van der Waals surface area contributed by atoms with Crippen molar-refractivity contribution in [3.05, 3.63) is 12.4 Å². The third-order valence-electron chi connectivity index (χ3n) is 2.69. The van der Waals surface area contributed by atoms with Gasteiger partial charge in [0.2, 0.25) is 0 Å². The van der Waals surface area contributed by atoms with Crippen molar-refractivity contribution >= 4 is 11.6 Å². The van der Waals surface area contributed by atoms with E-state index in [1.54, 1.807) is 6.33 Å². The van der Waals surface area contributed by atoms with E-state index >= 15 is 0 Å². The largest absolute Gasteiger partial charge is 0.370 e. The fourth-order valence-electron chi connectivity index (χ4n) is 1.60. The summed E-state index contributed by atoms with van der Waals surface area (Å²) in [6, 6.07) is 4.04. The molecule has 0 atom stereocenters. The summed E-state index contributed by atoms with van der Waals surface area (Å²) in [6.45, 7) is 2.61. The molecule has 1 aromatic rings. The van der Waals surface area contributed by atoms with Gasteiger partial charge >= 0.3 is 0 Å². The Balaban J connectivity index is 2.45. The lowest BCUT2D eigenvalue weighted by molar-refractivity contribution is 0.405. The predicted molar refractivity (Wildman–Crippen MR) is 77.2 cm³/mol. The van der Waals surface area contributed by atoms with Crippen LogP contribution in [0.5, 0.6) is 0 Å². The number of nitrogens with zero attached hydrogens (tertiary/aromatic N) is 5. The van der Waals surface area contributed by atoms with Crippen LogP contribution in [0.4, 0.5) is 11.6 Å². The van der Waals surface area contributed by atoms with E-state index in [-0.39, 0.29) is 0 Å². The minimum Gasteiger partial charge on any atom is -0.370 e. The summed E-state index contributed by atoms with van der Waals surface area (Å²) in [6.07, 6.45) is 3.11. The van der Waals surface area contributed by atoms with Gasteiger partial charge in [-0.15, -0.1) is 0 Å². The zero-order valence-corrected chi connectivity index (χ0v) is 11.9. The van der Waals surface area contributed by atoms with Gasteiger partial charge in [-0.3, -0.25) is 0 Å². The summed E-state index contributed by atoms with van der Waals surface area (Å²) < 4.78 is 0. The van der Waals surface area contributed by atoms with Crippen LogP contribution in [0.2, 0.25) is 0 Å². The van der Waals surface area contributed by atoms with Gasteiger partial charge in [0.25, 0.3) is 0 Å². The van der Waals surface area contributed by atoms with Crippen LogP contribution in [-0.2, 0) is 0 Å². The molecular weight excluding hydrogens is 240 g/mol. The highest BCUT2D eigenvalue weighted by Gasteiger charge is 2.03. The summed E-state index contributed by atoms with van der Waals surface area (Å²) in [7, 11) is 6.05. The van der Waals surface area contributed by atoms with Crippen molar-refractivity contribution < 1.29 is 0 Å². The number of nitriles is 1. The second-order valence-electron chi connectivity index (χ2n) is 4.67. The third kappa shape index (κ3) is 6.02. The first-order valence-electron chi connectivity index (χ1n) is 6.42. The van der Waals surface area contributed by atoms with Gasteiger partial charge in [0.1, 0.15) is 18.0 Å². The molecular formula is C13H22N6. The van der Waals surface area contributed by atoms with Crippen LogP contribution in [0.15, 0.2) is 12.4 Å². The van der Waals surface area contributed by atoms with Crippen LogP contribution < -0.4 is 10.2 Å². The molecule has 0 unspecified atom stereocenters. The van der Waals surface area contributed by atoms with Crippen molar-refractivity contribution in [2.24, 2.45) is 0 Å². The molecule has 0 saturated carbocycles. The minimum atomic E-state index is 0.492. The molecule has 19 heavy (non-hydrogen) atoms. The van der Waals surface area contributed by atoms with E-state index in [9.17, 15) is 0 Å². The SMILES string of the molecule is CN(C)CCCNc1cc(N(C)CCC#N)ncn1. The Morgan fingerprint density at radius 1 is 1.26 bits per heavy atom. The quantitative estimate of drug-likeness (QED) is 0.710. The molecule has 6 heteroatoms. The average molecular weight is 262 g/mol. The smallest absolute Gasteiger partial charge is 0.133 e. The van der Waals surface area contributed by atoms with Gasteiger partial charge in [0.05, 0.1) is 12.5 Å². The number of nitrogens with one attached hydrogen (secondary N) is 1. The fourth-order valence-corrected chi connectivity index (χ4v) is 1.60. The number of hydrogen-bond donors (Lipinski definition) is 1. The van der Waals surface area contributed by atoms with Crippen LogP contribution >= 0.6 is 0 Å². The van der Waals surface area contributed by atoms with E-state index in [1.165, 1.54) is 0 Å². The molecule has 1 heterocycles.